The van der Waals surface area contributed by atoms with Gasteiger partial charge in [0.1, 0.15) is 6.61 Å². The van der Waals surface area contributed by atoms with Gasteiger partial charge in [-0.15, -0.1) is 0 Å². The second-order valence-electron chi connectivity index (χ2n) is 5.77. The van der Waals surface area contributed by atoms with Gasteiger partial charge in [-0.2, -0.15) is 0 Å². The Bertz CT molecular complexity index is 727. The van der Waals surface area contributed by atoms with Crippen molar-refractivity contribution < 1.29 is 9.47 Å². The zero-order valence-electron chi connectivity index (χ0n) is 14.8. The van der Waals surface area contributed by atoms with Crippen molar-refractivity contribution in [3.05, 3.63) is 71.8 Å². The fraction of sp³-hybridized carbons (Fsp3) is 0.250. The fourth-order valence-electron chi connectivity index (χ4n) is 2.14. The predicted octanol–water partition coefficient (Wildman–Crippen LogP) is 3.25. The second kappa shape index (κ2) is 9.37. The van der Waals surface area contributed by atoms with Gasteiger partial charge in [-0.25, -0.2) is 4.99 Å². The molecule has 0 heterocycles. The smallest absolute Gasteiger partial charge is 0.189 e. The first-order valence-electron chi connectivity index (χ1n) is 8.10. The lowest BCUT2D eigenvalue weighted by Crippen LogP contribution is -2.32. The zero-order valence-corrected chi connectivity index (χ0v) is 14.8. The van der Waals surface area contributed by atoms with Crippen LogP contribution in [0.2, 0.25) is 0 Å². The Morgan fingerprint density at radius 2 is 1.88 bits per heavy atom. The molecular weight excluding hydrogens is 314 g/mol. The van der Waals surface area contributed by atoms with Gasteiger partial charge in [-0.05, 0) is 30.2 Å². The van der Waals surface area contributed by atoms with E-state index in [9.17, 15) is 0 Å². The van der Waals surface area contributed by atoms with Crippen LogP contribution in [0.15, 0.2) is 65.7 Å². The molecule has 0 amide bonds. The van der Waals surface area contributed by atoms with Gasteiger partial charge >= 0.3 is 0 Å². The van der Waals surface area contributed by atoms with Crippen LogP contribution in [0.25, 0.3) is 0 Å². The highest BCUT2D eigenvalue weighted by molar-refractivity contribution is 5.78. The minimum absolute atomic E-state index is 0.395. The molecule has 0 aliphatic heterocycles. The Morgan fingerprint density at radius 1 is 1.12 bits per heavy atom. The number of guanidine groups is 1. The summed E-state index contributed by atoms with van der Waals surface area (Å²) in [6.45, 7) is 7.31. The van der Waals surface area contributed by atoms with Gasteiger partial charge in [0.2, 0.25) is 0 Å². The fourth-order valence-corrected chi connectivity index (χ4v) is 2.14. The quantitative estimate of drug-likeness (QED) is 0.440. The number of rotatable bonds is 8. The standard InChI is InChI=1S/C20H25N3O2/c1-15(2)12-22-20(21)23-13-17-9-10-18(19(11-17)24-3)25-14-16-7-5-4-6-8-16/h4-11H,1,12-14H2,2-3H3,(H3,21,22,23). The molecule has 25 heavy (non-hydrogen) atoms. The Balaban J connectivity index is 1.98. The van der Waals surface area contributed by atoms with E-state index in [1.54, 1.807) is 7.11 Å². The summed E-state index contributed by atoms with van der Waals surface area (Å²) in [6, 6.07) is 15.8. The van der Waals surface area contributed by atoms with Crippen LogP contribution in [0.1, 0.15) is 18.1 Å². The second-order valence-corrected chi connectivity index (χ2v) is 5.77. The molecule has 0 bridgehead atoms. The van der Waals surface area contributed by atoms with Crippen molar-refractivity contribution in [2.45, 2.75) is 20.1 Å². The van der Waals surface area contributed by atoms with Crippen LogP contribution in [0.3, 0.4) is 0 Å². The number of aliphatic imine (C=N–C) groups is 1. The van der Waals surface area contributed by atoms with E-state index < -0.39 is 0 Å². The van der Waals surface area contributed by atoms with Gasteiger partial charge in [-0.1, -0.05) is 48.6 Å². The topological polar surface area (TPSA) is 68.9 Å². The molecule has 0 saturated carbocycles. The van der Waals surface area contributed by atoms with E-state index in [0.29, 0.717) is 37.2 Å². The zero-order chi connectivity index (χ0) is 18.1. The molecule has 0 fully saturated rings. The van der Waals surface area contributed by atoms with E-state index in [0.717, 1.165) is 16.7 Å². The van der Waals surface area contributed by atoms with E-state index in [1.807, 2.05) is 55.5 Å². The minimum atomic E-state index is 0.395. The van der Waals surface area contributed by atoms with Crippen molar-refractivity contribution in [1.82, 2.24) is 5.32 Å². The van der Waals surface area contributed by atoms with Gasteiger partial charge < -0.3 is 20.5 Å². The lowest BCUT2D eigenvalue weighted by atomic mass is 10.2. The van der Waals surface area contributed by atoms with Crippen LogP contribution in [-0.2, 0) is 13.2 Å². The van der Waals surface area contributed by atoms with Crippen molar-refractivity contribution in [3.63, 3.8) is 0 Å². The molecular formula is C20H25N3O2. The Morgan fingerprint density at radius 3 is 2.56 bits per heavy atom. The van der Waals surface area contributed by atoms with Crippen molar-refractivity contribution in [1.29, 1.82) is 0 Å². The number of ether oxygens (including phenoxy) is 2. The molecule has 0 atom stereocenters. The van der Waals surface area contributed by atoms with Crippen LogP contribution < -0.4 is 20.5 Å². The molecule has 0 spiro atoms. The Labute approximate surface area is 149 Å². The van der Waals surface area contributed by atoms with E-state index >= 15 is 0 Å². The highest BCUT2D eigenvalue weighted by atomic mass is 16.5. The molecule has 0 saturated heterocycles. The van der Waals surface area contributed by atoms with E-state index in [1.165, 1.54) is 0 Å². The van der Waals surface area contributed by atoms with Crippen molar-refractivity contribution in [2.75, 3.05) is 13.7 Å². The molecule has 0 aliphatic carbocycles. The number of hydrogen-bond donors (Lipinski definition) is 2. The molecule has 132 valence electrons. The van der Waals surface area contributed by atoms with Crippen LogP contribution in [0, 0.1) is 0 Å². The third-order valence-corrected chi connectivity index (χ3v) is 3.47. The molecule has 0 aromatic heterocycles. The van der Waals surface area contributed by atoms with E-state index in [2.05, 4.69) is 16.9 Å². The number of methoxy groups -OCH3 is 1. The van der Waals surface area contributed by atoms with Crippen LogP contribution in [-0.4, -0.2) is 19.6 Å². The lowest BCUT2D eigenvalue weighted by molar-refractivity contribution is 0.284. The molecule has 2 rings (SSSR count). The van der Waals surface area contributed by atoms with E-state index in [-0.39, 0.29) is 0 Å². The summed E-state index contributed by atoms with van der Waals surface area (Å²) >= 11 is 0. The maximum atomic E-state index is 5.85. The number of nitrogens with two attached hydrogens (primary N) is 1. The number of nitrogens with zero attached hydrogens (tertiary/aromatic N) is 1. The third-order valence-electron chi connectivity index (χ3n) is 3.47. The summed E-state index contributed by atoms with van der Waals surface area (Å²) in [5.74, 6) is 1.77. The van der Waals surface area contributed by atoms with Crippen LogP contribution >= 0.6 is 0 Å². The number of nitrogens with one attached hydrogen (secondary N) is 1. The molecule has 0 aliphatic rings. The van der Waals surface area contributed by atoms with Gasteiger partial charge in [0.05, 0.1) is 13.7 Å². The molecule has 0 radical (unpaired) electrons. The normalized spacial score (nSPS) is 11.0. The first-order valence-corrected chi connectivity index (χ1v) is 8.10. The van der Waals surface area contributed by atoms with Gasteiger partial charge in [0, 0.05) is 6.54 Å². The molecule has 0 unspecified atom stereocenters. The van der Waals surface area contributed by atoms with Crippen LogP contribution in [0.5, 0.6) is 11.5 Å². The van der Waals surface area contributed by atoms with Crippen molar-refractivity contribution >= 4 is 5.96 Å². The van der Waals surface area contributed by atoms with Gasteiger partial charge in [0.15, 0.2) is 17.5 Å². The van der Waals surface area contributed by atoms with Gasteiger partial charge in [0.25, 0.3) is 0 Å². The number of benzene rings is 2. The first-order chi connectivity index (χ1) is 12.1. The highest BCUT2D eigenvalue weighted by Crippen LogP contribution is 2.29. The summed E-state index contributed by atoms with van der Waals surface area (Å²) < 4.78 is 11.3. The van der Waals surface area contributed by atoms with Crippen molar-refractivity contribution in [3.8, 4) is 11.5 Å². The lowest BCUT2D eigenvalue weighted by Gasteiger charge is -2.12. The first kappa shape index (κ1) is 18.4. The maximum Gasteiger partial charge on any atom is 0.189 e. The molecule has 5 heteroatoms. The number of hydrogen-bond acceptors (Lipinski definition) is 3. The highest BCUT2D eigenvalue weighted by Gasteiger charge is 2.06. The van der Waals surface area contributed by atoms with Crippen molar-refractivity contribution in [2.24, 2.45) is 10.7 Å². The average Bonchev–Trinajstić information content (AvgIpc) is 2.64. The Kier molecular flexibility index (Phi) is 6.89. The summed E-state index contributed by atoms with van der Waals surface area (Å²) in [7, 11) is 1.63. The molecule has 5 nitrogen and oxygen atoms in total. The summed E-state index contributed by atoms with van der Waals surface area (Å²) in [4.78, 5) is 4.31. The average molecular weight is 339 g/mol. The molecule has 2 aromatic rings. The maximum absolute atomic E-state index is 5.85. The SMILES string of the molecule is C=C(C)CNC(N)=NCc1ccc(OCc2ccccc2)c(OC)c1. The third kappa shape index (κ3) is 6.22. The van der Waals surface area contributed by atoms with E-state index in [4.69, 9.17) is 15.2 Å². The molecule has 3 N–H and O–H groups in total. The minimum Gasteiger partial charge on any atom is -0.493 e. The summed E-state index contributed by atoms with van der Waals surface area (Å²) in [5.41, 5.74) is 8.92. The summed E-state index contributed by atoms with van der Waals surface area (Å²) in [6.07, 6.45) is 0. The predicted molar refractivity (Wildman–Crippen MR) is 102 cm³/mol. The largest absolute Gasteiger partial charge is 0.493 e. The summed E-state index contributed by atoms with van der Waals surface area (Å²) in [5, 5.41) is 3.00. The van der Waals surface area contributed by atoms with Crippen LogP contribution in [0.4, 0.5) is 0 Å². The molecule has 2 aromatic carbocycles. The Hall–Kier alpha value is -2.95. The van der Waals surface area contributed by atoms with Gasteiger partial charge in [-0.3, -0.25) is 0 Å². The monoisotopic (exact) mass is 339 g/mol.